The molecule has 0 saturated heterocycles. The van der Waals surface area contributed by atoms with Crippen LogP contribution in [0.3, 0.4) is 0 Å². The van der Waals surface area contributed by atoms with Gasteiger partial charge in [-0.1, -0.05) is 44.2 Å². The number of hydrogen-bond acceptors (Lipinski definition) is 3. The summed E-state index contributed by atoms with van der Waals surface area (Å²) in [4.78, 5) is 23.1. The molecule has 0 fully saturated rings. The fraction of sp³-hybridized carbons (Fsp3) is 0.500. The van der Waals surface area contributed by atoms with Crippen LogP contribution >= 0.6 is 0 Å². The number of nitrogens with one attached hydrogen (secondary N) is 2. The number of amides is 2. The number of hydrogen-bond donors (Lipinski definition) is 3. The smallest absolute Gasteiger partial charge is 0.242 e. The van der Waals surface area contributed by atoms with Gasteiger partial charge < -0.3 is 15.7 Å². The van der Waals surface area contributed by atoms with Crippen molar-refractivity contribution in [3.63, 3.8) is 0 Å². The van der Waals surface area contributed by atoms with Gasteiger partial charge in [-0.05, 0) is 17.9 Å². The lowest BCUT2D eigenvalue weighted by Gasteiger charge is -2.21. The summed E-state index contributed by atoms with van der Waals surface area (Å²) in [6.45, 7) is 5.50. The quantitative estimate of drug-likeness (QED) is 0.710. The Labute approximate surface area is 125 Å². The molecule has 1 aromatic rings. The average Bonchev–Trinajstić information content (AvgIpc) is 2.45. The molecule has 5 nitrogen and oxygen atoms in total. The minimum atomic E-state index is -0.607. The molecule has 1 aromatic carbocycles. The third-order valence-electron chi connectivity index (χ3n) is 3.21. The molecule has 3 N–H and O–H groups in total. The second kappa shape index (κ2) is 8.42. The molecule has 0 saturated carbocycles. The monoisotopic (exact) mass is 292 g/mol. The van der Waals surface area contributed by atoms with Gasteiger partial charge in [0.05, 0.1) is 6.10 Å². The van der Waals surface area contributed by atoms with E-state index in [1.165, 1.54) is 6.92 Å². The molecule has 2 atom stereocenters. The van der Waals surface area contributed by atoms with E-state index in [0.29, 0.717) is 13.0 Å². The molecule has 0 heterocycles. The molecular weight excluding hydrogens is 268 g/mol. The first-order valence-corrected chi connectivity index (χ1v) is 7.19. The molecule has 0 spiro atoms. The first-order valence-electron chi connectivity index (χ1n) is 7.19. The second-order valence-electron chi connectivity index (χ2n) is 5.43. The molecule has 116 valence electrons. The zero-order valence-corrected chi connectivity index (χ0v) is 12.8. The standard InChI is InChI=1S/C16H24N2O3/c1-11(2)15(18-12(3)19)16(21)17-10-9-14(20)13-7-5-4-6-8-13/h4-8,11,14-15,20H,9-10H2,1-3H3,(H,17,21)(H,18,19). The maximum Gasteiger partial charge on any atom is 0.242 e. The molecule has 1 rings (SSSR count). The SMILES string of the molecule is CC(=O)NC(C(=O)NCCC(O)c1ccccc1)C(C)C. The van der Waals surface area contributed by atoms with Gasteiger partial charge in [0.1, 0.15) is 6.04 Å². The van der Waals surface area contributed by atoms with Gasteiger partial charge in [0.25, 0.3) is 0 Å². The minimum absolute atomic E-state index is 0.00736. The molecule has 0 aliphatic rings. The van der Waals surface area contributed by atoms with Crippen LogP contribution in [-0.2, 0) is 9.59 Å². The van der Waals surface area contributed by atoms with Crippen LogP contribution in [-0.4, -0.2) is 29.5 Å². The molecule has 2 amide bonds. The molecule has 0 radical (unpaired) electrons. The zero-order chi connectivity index (χ0) is 15.8. The average molecular weight is 292 g/mol. The van der Waals surface area contributed by atoms with Gasteiger partial charge in [-0.15, -0.1) is 0 Å². The van der Waals surface area contributed by atoms with Crippen LogP contribution in [0.15, 0.2) is 30.3 Å². The Hall–Kier alpha value is -1.88. The second-order valence-corrected chi connectivity index (χ2v) is 5.43. The first-order chi connectivity index (χ1) is 9.91. The predicted molar refractivity (Wildman–Crippen MR) is 81.5 cm³/mol. The van der Waals surface area contributed by atoms with E-state index in [1.807, 2.05) is 44.2 Å². The summed E-state index contributed by atoms with van der Waals surface area (Å²) < 4.78 is 0. The summed E-state index contributed by atoms with van der Waals surface area (Å²) in [5.74, 6) is -0.443. The van der Waals surface area contributed by atoms with E-state index in [4.69, 9.17) is 0 Å². The third-order valence-corrected chi connectivity index (χ3v) is 3.21. The maximum absolute atomic E-state index is 12.0. The van der Waals surface area contributed by atoms with Gasteiger partial charge in [-0.25, -0.2) is 0 Å². The van der Waals surface area contributed by atoms with Crippen molar-refractivity contribution < 1.29 is 14.7 Å². The number of aliphatic hydroxyl groups is 1. The van der Waals surface area contributed by atoms with Gasteiger partial charge in [0, 0.05) is 13.5 Å². The number of aliphatic hydroxyl groups excluding tert-OH is 1. The van der Waals surface area contributed by atoms with Crippen molar-refractivity contribution in [3.8, 4) is 0 Å². The van der Waals surface area contributed by atoms with Crippen LogP contribution in [0.2, 0.25) is 0 Å². The van der Waals surface area contributed by atoms with E-state index < -0.39 is 12.1 Å². The van der Waals surface area contributed by atoms with Gasteiger partial charge in [-0.2, -0.15) is 0 Å². The highest BCUT2D eigenvalue weighted by molar-refractivity contribution is 5.86. The lowest BCUT2D eigenvalue weighted by Crippen LogP contribution is -2.49. The van der Waals surface area contributed by atoms with Crippen LogP contribution < -0.4 is 10.6 Å². The van der Waals surface area contributed by atoms with Crippen molar-refractivity contribution in [1.29, 1.82) is 0 Å². The fourth-order valence-electron chi connectivity index (χ4n) is 2.04. The molecule has 0 aliphatic carbocycles. The van der Waals surface area contributed by atoms with E-state index in [9.17, 15) is 14.7 Å². The van der Waals surface area contributed by atoms with Crippen molar-refractivity contribution in [2.24, 2.45) is 5.92 Å². The Kier molecular flexibility index (Phi) is 6.88. The number of benzene rings is 1. The Morgan fingerprint density at radius 1 is 1.19 bits per heavy atom. The van der Waals surface area contributed by atoms with Gasteiger partial charge in [-0.3, -0.25) is 9.59 Å². The van der Waals surface area contributed by atoms with Crippen LogP contribution in [0, 0.1) is 5.92 Å². The lowest BCUT2D eigenvalue weighted by molar-refractivity contribution is -0.129. The van der Waals surface area contributed by atoms with Crippen LogP contribution in [0.4, 0.5) is 0 Å². The van der Waals surface area contributed by atoms with Crippen molar-refractivity contribution in [3.05, 3.63) is 35.9 Å². The maximum atomic E-state index is 12.0. The van der Waals surface area contributed by atoms with Crippen molar-refractivity contribution in [2.75, 3.05) is 6.54 Å². The highest BCUT2D eigenvalue weighted by Crippen LogP contribution is 2.14. The molecule has 21 heavy (non-hydrogen) atoms. The van der Waals surface area contributed by atoms with Gasteiger partial charge in [0.15, 0.2) is 0 Å². The fourth-order valence-corrected chi connectivity index (χ4v) is 2.04. The zero-order valence-electron chi connectivity index (χ0n) is 12.8. The topological polar surface area (TPSA) is 78.4 Å². The molecule has 2 unspecified atom stereocenters. The molecule has 0 aliphatic heterocycles. The summed E-state index contributed by atoms with van der Waals surface area (Å²) in [7, 11) is 0. The van der Waals surface area contributed by atoms with Crippen LogP contribution in [0.5, 0.6) is 0 Å². The Balaban J connectivity index is 2.43. The number of rotatable bonds is 7. The third kappa shape index (κ3) is 5.95. The first kappa shape index (κ1) is 17.2. The molecule has 5 heteroatoms. The van der Waals surface area contributed by atoms with Crippen molar-refractivity contribution >= 4 is 11.8 Å². The highest BCUT2D eigenvalue weighted by Gasteiger charge is 2.22. The Bertz CT molecular complexity index is 460. The van der Waals surface area contributed by atoms with Gasteiger partial charge in [0.2, 0.25) is 11.8 Å². The Morgan fingerprint density at radius 2 is 1.81 bits per heavy atom. The van der Waals surface area contributed by atoms with Crippen LogP contribution in [0.1, 0.15) is 38.9 Å². The summed E-state index contributed by atoms with van der Waals surface area (Å²) in [5.41, 5.74) is 0.828. The summed E-state index contributed by atoms with van der Waals surface area (Å²) in [6.07, 6.45) is -0.176. The Morgan fingerprint density at radius 3 is 2.33 bits per heavy atom. The van der Waals surface area contributed by atoms with E-state index in [0.717, 1.165) is 5.56 Å². The van der Waals surface area contributed by atoms with E-state index in [-0.39, 0.29) is 17.7 Å². The van der Waals surface area contributed by atoms with Crippen molar-refractivity contribution in [1.82, 2.24) is 10.6 Å². The van der Waals surface area contributed by atoms with Crippen molar-refractivity contribution in [2.45, 2.75) is 39.3 Å². The molecular formula is C16H24N2O3. The highest BCUT2D eigenvalue weighted by atomic mass is 16.3. The van der Waals surface area contributed by atoms with E-state index in [1.54, 1.807) is 0 Å². The number of carbonyl (C=O) groups excluding carboxylic acids is 2. The predicted octanol–water partition coefficient (Wildman–Crippen LogP) is 1.39. The van der Waals surface area contributed by atoms with Gasteiger partial charge >= 0.3 is 0 Å². The summed E-state index contributed by atoms with van der Waals surface area (Å²) >= 11 is 0. The van der Waals surface area contributed by atoms with E-state index in [2.05, 4.69) is 10.6 Å². The lowest BCUT2D eigenvalue weighted by atomic mass is 10.0. The molecule has 0 bridgehead atoms. The van der Waals surface area contributed by atoms with E-state index >= 15 is 0 Å². The molecule has 0 aromatic heterocycles. The minimum Gasteiger partial charge on any atom is -0.388 e. The largest absolute Gasteiger partial charge is 0.388 e. The van der Waals surface area contributed by atoms with Crippen LogP contribution in [0.25, 0.3) is 0 Å². The normalized spacial score (nSPS) is 13.6. The summed E-state index contributed by atoms with van der Waals surface area (Å²) in [5, 5.41) is 15.4. The number of carbonyl (C=O) groups is 2. The summed E-state index contributed by atoms with van der Waals surface area (Å²) in [6, 6.07) is 8.77.